The Hall–Kier alpha value is -4.45. The van der Waals surface area contributed by atoms with Crippen molar-refractivity contribution in [1.82, 2.24) is 4.98 Å². The average molecular weight is 481 g/mol. The molecule has 34 heavy (non-hydrogen) atoms. The number of methoxy groups -OCH3 is 1. The number of azo groups is 1. The van der Waals surface area contributed by atoms with E-state index in [1.165, 1.54) is 31.4 Å². The minimum absolute atomic E-state index is 0.117. The van der Waals surface area contributed by atoms with Crippen molar-refractivity contribution in [3.63, 3.8) is 0 Å². The molecule has 0 aliphatic rings. The number of H-pyrrole nitrogens is 1. The number of aromatic amines is 1. The van der Waals surface area contributed by atoms with Gasteiger partial charge in [0.2, 0.25) is 5.88 Å². The number of para-hydroxylation sites is 1. The van der Waals surface area contributed by atoms with Crippen LogP contribution in [-0.2, 0) is 10.0 Å². The molecule has 0 aliphatic carbocycles. The molecule has 0 spiro atoms. The monoisotopic (exact) mass is 481 g/mol. The molecule has 0 unspecified atom stereocenters. The first kappa shape index (κ1) is 22.7. The molecule has 0 fully saturated rings. The number of fused-ring (bicyclic) bond motifs is 1. The second-order valence-electron chi connectivity index (χ2n) is 7.26. The third-order valence-corrected chi connectivity index (χ3v) is 6.43. The highest BCUT2D eigenvalue weighted by Gasteiger charge is 2.22. The number of aromatic nitrogens is 1. The lowest BCUT2D eigenvalue weighted by Gasteiger charge is -2.09. The number of aryl methyl sites for hydroxylation is 1. The van der Waals surface area contributed by atoms with Crippen LogP contribution in [0.4, 0.5) is 22.7 Å². The molecule has 0 amide bonds. The van der Waals surface area contributed by atoms with Crippen molar-refractivity contribution in [2.24, 2.45) is 10.2 Å². The lowest BCUT2D eigenvalue weighted by molar-refractivity contribution is -0.384. The zero-order valence-electron chi connectivity index (χ0n) is 18.0. The summed E-state index contributed by atoms with van der Waals surface area (Å²) in [6.45, 7) is 1.85. The molecule has 0 saturated carbocycles. The van der Waals surface area contributed by atoms with Gasteiger partial charge in [-0.2, -0.15) is 0 Å². The van der Waals surface area contributed by atoms with Crippen LogP contribution >= 0.6 is 0 Å². The lowest BCUT2D eigenvalue weighted by Crippen LogP contribution is -2.13. The highest BCUT2D eigenvalue weighted by Crippen LogP contribution is 2.39. The third kappa shape index (κ3) is 4.38. The van der Waals surface area contributed by atoms with Crippen molar-refractivity contribution >= 4 is 43.7 Å². The molecule has 4 aromatic rings. The molecule has 0 aliphatic heterocycles. The van der Waals surface area contributed by atoms with E-state index in [1.807, 2.05) is 13.0 Å². The lowest BCUT2D eigenvalue weighted by atomic mass is 10.1. The number of sulfonamides is 1. The van der Waals surface area contributed by atoms with Crippen LogP contribution in [0.3, 0.4) is 0 Å². The number of aromatic hydroxyl groups is 1. The quantitative estimate of drug-likeness (QED) is 0.184. The van der Waals surface area contributed by atoms with Crippen LogP contribution in [0.2, 0.25) is 0 Å². The maximum absolute atomic E-state index is 12.8. The van der Waals surface area contributed by atoms with E-state index in [0.717, 1.165) is 11.6 Å². The predicted molar refractivity (Wildman–Crippen MR) is 126 cm³/mol. The molecule has 11 nitrogen and oxygen atoms in total. The second kappa shape index (κ2) is 8.83. The molecule has 0 radical (unpaired) electrons. The molecule has 174 valence electrons. The third-order valence-electron chi connectivity index (χ3n) is 5.05. The Morgan fingerprint density at radius 3 is 2.50 bits per heavy atom. The Labute approximate surface area is 193 Å². The van der Waals surface area contributed by atoms with Crippen molar-refractivity contribution in [2.45, 2.75) is 11.8 Å². The fourth-order valence-corrected chi connectivity index (χ4v) is 4.39. The standard InChI is InChI=1S/C22H19N5O6S/c1-13-4-3-5-17-20(13)23-22(28)21(17)25-24-18-11-10-16(12-19(18)27(29)30)34(31,32)26-14-6-8-15(33-2)9-7-14/h3-12,23,26,28H,1-2H3. The van der Waals surface area contributed by atoms with Crippen LogP contribution in [0.15, 0.2) is 75.8 Å². The Kier molecular flexibility index (Phi) is 5.90. The van der Waals surface area contributed by atoms with E-state index in [-0.39, 0.29) is 27.8 Å². The van der Waals surface area contributed by atoms with E-state index in [1.54, 1.807) is 24.3 Å². The number of nitrogens with one attached hydrogen (secondary N) is 2. The van der Waals surface area contributed by atoms with Gasteiger partial charge in [-0.25, -0.2) is 8.42 Å². The van der Waals surface area contributed by atoms with Crippen LogP contribution < -0.4 is 9.46 Å². The number of ether oxygens (including phenoxy) is 1. The van der Waals surface area contributed by atoms with Gasteiger partial charge in [0.15, 0.2) is 11.4 Å². The van der Waals surface area contributed by atoms with Crippen LogP contribution in [-0.4, -0.2) is 30.5 Å². The maximum Gasteiger partial charge on any atom is 0.298 e. The molecule has 12 heteroatoms. The summed E-state index contributed by atoms with van der Waals surface area (Å²) in [5.74, 6) is 0.309. The first-order valence-corrected chi connectivity index (χ1v) is 11.4. The van der Waals surface area contributed by atoms with E-state index < -0.39 is 20.6 Å². The average Bonchev–Trinajstić information content (AvgIpc) is 3.14. The van der Waals surface area contributed by atoms with E-state index in [4.69, 9.17) is 4.74 Å². The summed E-state index contributed by atoms with van der Waals surface area (Å²) in [4.78, 5) is 13.4. The zero-order chi connectivity index (χ0) is 24.5. The summed E-state index contributed by atoms with van der Waals surface area (Å²) in [7, 11) is -2.63. The first-order valence-electron chi connectivity index (χ1n) is 9.87. The molecule has 0 saturated heterocycles. The van der Waals surface area contributed by atoms with Gasteiger partial charge in [0, 0.05) is 17.1 Å². The maximum atomic E-state index is 12.8. The van der Waals surface area contributed by atoms with Gasteiger partial charge in [-0.15, -0.1) is 10.2 Å². The molecule has 3 aromatic carbocycles. The number of anilines is 1. The van der Waals surface area contributed by atoms with Gasteiger partial charge in [-0.1, -0.05) is 18.2 Å². The zero-order valence-corrected chi connectivity index (χ0v) is 18.8. The second-order valence-corrected chi connectivity index (χ2v) is 8.94. The molecule has 4 rings (SSSR count). The molecular weight excluding hydrogens is 462 g/mol. The Morgan fingerprint density at radius 1 is 1.09 bits per heavy atom. The smallest absolute Gasteiger partial charge is 0.298 e. The van der Waals surface area contributed by atoms with E-state index in [9.17, 15) is 23.6 Å². The Balaban J connectivity index is 1.68. The first-order chi connectivity index (χ1) is 16.2. The van der Waals surface area contributed by atoms with Gasteiger partial charge in [0.1, 0.15) is 5.75 Å². The summed E-state index contributed by atoms with van der Waals surface area (Å²) in [6.07, 6.45) is 0. The van der Waals surface area contributed by atoms with Crippen molar-refractivity contribution in [1.29, 1.82) is 0 Å². The number of nitro benzene ring substituents is 1. The van der Waals surface area contributed by atoms with Gasteiger partial charge in [-0.05, 0) is 48.9 Å². The number of hydrogen-bond acceptors (Lipinski definition) is 8. The van der Waals surface area contributed by atoms with Gasteiger partial charge in [0.05, 0.1) is 22.4 Å². The molecule has 0 atom stereocenters. The van der Waals surface area contributed by atoms with E-state index in [2.05, 4.69) is 19.9 Å². The summed E-state index contributed by atoms with van der Waals surface area (Å²) < 4.78 is 32.9. The van der Waals surface area contributed by atoms with Crippen molar-refractivity contribution in [3.05, 3.63) is 76.3 Å². The molecular formula is C22H19N5O6S. The number of rotatable bonds is 7. The van der Waals surface area contributed by atoms with Gasteiger partial charge < -0.3 is 14.8 Å². The number of nitro groups is 1. The normalized spacial score (nSPS) is 11.7. The van der Waals surface area contributed by atoms with Gasteiger partial charge >= 0.3 is 0 Å². The highest BCUT2D eigenvalue weighted by molar-refractivity contribution is 7.92. The number of hydrogen-bond donors (Lipinski definition) is 3. The fourth-order valence-electron chi connectivity index (χ4n) is 3.32. The van der Waals surface area contributed by atoms with Crippen LogP contribution in [0.5, 0.6) is 11.6 Å². The topological polar surface area (TPSA) is 159 Å². The fraction of sp³-hybridized carbons (Fsp3) is 0.0909. The summed E-state index contributed by atoms with van der Waals surface area (Å²) >= 11 is 0. The predicted octanol–water partition coefficient (Wildman–Crippen LogP) is 5.31. The summed E-state index contributed by atoms with van der Waals surface area (Å²) in [5.41, 5.74) is 1.18. The number of nitrogens with zero attached hydrogens (tertiary/aromatic N) is 3. The Bertz CT molecular complexity index is 1530. The largest absolute Gasteiger partial charge is 0.497 e. The van der Waals surface area contributed by atoms with Crippen molar-refractivity contribution < 1.29 is 23.2 Å². The SMILES string of the molecule is COc1ccc(NS(=O)(=O)c2ccc(N=Nc3c(O)[nH]c4c(C)cccc34)c([N+](=O)[O-])c2)cc1. The van der Waals surface area contributed by atoms with Crippen LogP contribution in [0.25, 0.3) is 10.9 Å². The minimum atomic E-state index is -4.12. The highest BCUT2D eigenvalue weighted by atomic mass is 32.2. The molecule has 3 N–H and O–H groups in total. The van der Waals surface area contributed by atoms with E-state index in [0.29, 0.717) is 16.7 Å². The van der Waals surface area contributed by atoms with Crippen molar-refractivity contribution in [3.8, 4) is 11.6 Å². The summed E-state index contributed by atoms with van der Waals surface area (Å²) in [5, 5.41) is 30.3. The van der Waals surface area contributed by atoms with Crippen LogP contribution in [0, 0.1) is 17.0 Å². The Morgan fingerprint density at radius 2 is 1.82 bits per heavy atom. The molecule has 1 aromatic heterocycles. The summed E-state index contributed by atoms with van der Waals surface area (Å²) in [6, 6.07) is 14.8. The van der Waals surface area contributed by atoms with Gasteiger partial charge in [0.25, 0.3) is 15.7 Å². The van der Waals surface area contributed by atoms with Gasteiger partial charge in [-0.3, -0.25) is 14.8 Å². The molecule has 0 bridgehead atoms. The van der Waals surface area contributed by atoms with Crippen molar-refractivity contribution in [2.75, 3.05) is 11.8 Å². The number of benzene rings is 3. The van der Waals surface area contributed by atoms with E-state index >= 15 is 0 Å². The minimum Gasteiger partial charge on any atom is -0.497 e. The van der Waals surface area contributed by atoms with Crippen LogP contribution in [0.1, 0.15) is 5.56 Å². The molecule has 1 heterocycles.